The van der Waals surface area contributed by atoms with Crippen molar-refractivity contribution in [2.45, 2.75) is 6.92 Å². The third kappa shape index (κ3) is 3.52. The summed E-state index contributed by atoms with van der Waals surface area (Å²) >= 11 is 0. The first-order valence-electron chi connectivity index (χ1n) is 5.99. The van der Waals surface area contributed by atoms with E-state index < -0.39 is 5.97 Å². The highest BCUT2D eigenvalue weighted by Crippen LogP contribution is 2.06. The molecule has 0 heterocycles. The number of rotatable bonds is 4. The van der Waals surface area contributed by atoms with Gasteiger partial charge in [0, 0.05) is 5.56 Å². The van der Waals surface area contributed by atoms with Crippen LogP contribution in [0.5, 0.6) is 0 Å². The van der Waals surface area contributed by atoms with Gasteiger partial charge in [-0.25, -0.2) is 4.79 Å². The van der Waals surface area contributed by atoms with E-state index in [0.29, 0.717) is 11.1 Å². The fourth-order valence-electron chi connectivity index (χ4n) is 1.61. The van der Waals surface area contributed by atoms with Crippen LogP contribution in [0.25, 0.3) is 0 Å². The summed E-state index contributed by atoms with van der Waals surface area (Å²) in [5, 5.41) is 0. The van der Waals surface area contributed by atoms with Gasteiger partial charge in [-0.2, -0.15) is 0 Å². The molecule has 0 amide bonds. The first-order valence-corrected chi connectivity index (χ1v) is 5.99. The maximum Gasteiger partial charge on any atom is 0.338 e. The normalized spacial score (nSPS) is 9.95. The van der Waals surface area contributed by atoms with E-state index in [1.165, 1.54) is 0 Å². The maximum atomic E-state index is 11.8. The van der Waals surface area contributed by atoms with Gasteiger partial charge in [0.1, 0.15) is 0 Å². The second-order valence-electron chi connectivity index (χ2n) is 4.23. The van der Waals surface area contributed by atoms with Crippen LogP contribution in [-0.4, -0.2) is 18.4 Å². The molecule has 0 saturated carbocycles. The zero-order valence-electron chi connectivity index (χ0n) is 10.6. The van der Waals surface area contributed by atoms with E-state index in [4.69, 9.17) is 4.74 Å². The summed E-state index contributed by atoms with van der Waals surface area (Å²) in [4.78, 5) is 23.5. The molecule has 0 atom stereocenters. The molecule has 0 N–H and O–H groups in total. The highest BCUT2D eigenvalue weighted by molar-refractivity contribution is 5.99. The van der Waals surface area contributed by atoms with Gasteiger partial charge >= 0.3 is 5.97 Å². The lowest BCUT2D eigenvalue weighted by Crippen LogP contribution is -2.14. The van der Waals surface area contributed by atoms with Gasteiger partial charge in [0.15, 0.2) is 12.4 Å². The Hall–Kier alpha value is -2.42. The zero-order valence-corrected chi connectivity index (χ0v) is 10.6. The Kier molecular flexibility index (Phi) is 4.08. The molecule has 3 nitrogen and oxygen atoms in total. The largest absolute Gasteiger partial charge is 0.454 e. The lowest BCUT2D eigenvalue weighted by molar-refractivity contribution is 0.0475. The Morgan fingerprint density at radius 1 is 0.895 bits per heavy atom. The van der Waals surface area contributed by atoms with Crippen molar-refractivity contribution in [3.8, 4) is 0 Å². The molecule has 0 spiro atoms. The molecule has 0 saturated heterocycles. The van der Waals surface area contributed by atoms with Crippen LogP contribution in [0.2, 0.25) is 0 Å². The average Bonchev–Trinajstić information content (AvgIpc) is 2.46. The highest BCUT2D eigenvalue weighted by atomic mass is 16.5. The van der Waals surface area contributed by atoms with Gasteiger partial charge in [0.25, 0.3) is 0 Å². The van der Waals surface area contributed by atoms with Crippen LogP contribution in [0, 0.1) is 6.92 Å². The number of Topliss-reactive ketones (excluding diaryl/α,β-unsaturated/α-hetero) is 1. The van der Waals surface area contributed by atoms with Crippen molar-refractivity contribution in [1.29, 1.82) is 0 Å². The Morgan fingerprint density at radius 2 is 1.53 bits per heavy atom. The number of ketones is 1. The van der Waals surface area contributed by atoms with Crippen molar-refractivity contribution < 1.29 is 14.3 Å². The molecule has 2 aromatic carbocycles. The van der Waals surface area contributed by atoms with Crippen molar-refractivity contribution in [1.82, 2.24) is 0 Å². The molecule has 0 aliphatic heterocycles. The van der Waals surface area contributed by atoms with Gasteiger partial charge in [-0.1, -0.05) is 48.0 Å². The number of hydrogen-bond donors (Lipinski definition) is 0. The van der Waals surface area contributed by atoms with Gasteiger partial charge in [-0.3, -0.25) is 4.79 Å². The number of carbonyl (C=O) groups is 2. The van der Waals surface area contributed by atoms with Crippen molar-refractivity contribution in [3.63, 3.8) is 0 Å². The molecule has 2 rings (SSSR count). The number of hydrogen-bond acceptors (Lipinski definition) is 3. The monoisotopic (exact) mass is 254 g/mol. The molecule has 96 valence electrons. The average molecular weight is 254 g/mol. The van der Waals surface area contributed by atoms with Crippen molar-refractivity contribution in [2.24, 2.45) is 0 Å². The zero-order chi connectivity index (χ0) is 13.7. The topological polar surface area (TPSA) is 43.4 Å². The summed E-state index contributed by atoms with van der Waals surface area (Å²) in [7, 11) is 0. The molecular weight excluding hydrogens is 240 g/mol. The standard InChI is InChI=1S/C16H14O3/c1-12-7-9-13(10-8-12)15(17)11-19-16(18)14-5-3-2-4-6-14/h2-10H,11H2,1H3. The molecule has 3 heteroatoms. The van der Waals surface area contributed by atoms with Crippen molar-refractivity contribution >= 4 is 11.8 Å². The highest BCUT2D eigenvalue weighted by Gasteiger charge is 2.11. The lowest BCUT2D eigenvalue weighted by Gasteiger charge is -2.04. The molecule has 0 aliphatic rings. The molecule has 0 aromatic heterocycles. The molecular formula is C16H14O3. The van der Waals surface area contributed by atoms with Crippen LogP contribution in [0.15, 0.2) is 54.6 Å². The summed E-state index contributed by atoms with van der Waals surface area (Å²) in [6.07, 6.45) is 0. The fourth-order valence-corrected chi connectivity index (χ4v) is 1.61. The quantitative estimate of drug-likeness (QED) is 0.622. The van der Waals surface area contributed by atoms with E-state index in [-0.39, 0.29) is 12.4 Å². The van der Waals surface area contributed by atoms with Crippen LogP contribution in [-0.2, 0) is 4.74 Å². The Labute approximate surface area is 111 Å². The molecule has 0 radical (unpaired) electrons. The minimum absolute atomic E-state index is 0.204. The van der Waals surface area contributed by atoms with E-state index in [9.17, 15) is 9.59 Å². The summed E-state index contributed by atoms with van der Waals surface area (Å²) in [5.41, 5.74) is 2.07. The van der Waals surface area contributed by atoms with Crippen molar-refractivity contribution in [3.05, 3.63) is 71.3 Å². The van der Waals surface area contributed by atoms with E-state index in [1.807, 2.05) is 25.1 Å². The number of aryl methyl sites for hydroxylation is 1. The van der Waals surface area contributed by atoms with Crippen LogP contribution in [0.1, 0.15) is 26.3 Å². The summed E-state index contributed by atoms with van der Waals surface area (Å²) < 4.78 is 4.99. The summed E-state index contributed by atoms with van der Waals surface area (Å²) in [5.74, 6) is -0.689. The van der Waals surface area contributed by atoms with Crippen LogP contribution < -0.4 is 0 Å². The molecule has 0 fully saturated rings. The Bertz CT molecular complexity index is 571. The first-order chi connectivity index (χ1) is 9.16. The molecule has 2 aromatic rings. The fraction of sp³-hybridized carbons (Fsp3) is 0.125. The molecule has 19 heavy (non-hydrogen) atoms. The van der Waals surface area contributed by atoms with E-state index in [0.717, 1.165) is 5.56 Å². The SMILES string of the molecule is Cc1ccc(C(=O)COC(=O)c2ccccc2)cc1. The van der Waals surface area contributed by atoms with Gasteiger partial charge in [-0.15, -0.1) is 0 Å². The van der Waals surface area contributed by atoms with Gasteiger partial charge in [-0.05, 0) is 19.1 Å². The van der Waals surface area contributed by atoms with E-state index in [1.54, 1.807) is 36.4 Å². The predicted molar refractivity (Wildman–Crippen MR) is 72.2 cm³/mol. The number of esters is 1. The maximum absolute atomic E-state index is 11.8. The number of ether oxygens (including phenoxy) is 1. The van der Waals surface area contributed by atoms with Crippen LogP contribution >= 0.6 is 0 Å². The van der Waals surface area contributed by atoms with Crippen LogP contribution in [0.3, 0.4) is 0 Å². The second kappa shape index (κ2) is 5.96. The second-order valence-corrected chi connectivity index (χ2v) is 4.23. The summed E-state index contributed by atoms with van der Waals surface area (Å²) in [6.45, 7) is 1.71. The minimum atomic E-state index is -0.485. The third-order valence-corrected chi connectivity index (χ3v) is 2.72. The molecule has 0 bridgehead atoms. The number of carbonyl (C=O) groups excluding carboxylic acids is 2. The third-order valence-electron chi connectivity index (χ3n) is 2.72. The molecule has 0 aliphatic carbocycles. The van der Waals surface area contributed by atoms with Crippen LogP contribution in [0.4, 0.5) is 0 Å². The Balaban J connectivity index is 1.94. The predicted octanol–water partition coefficient (Wildman–Crippen LogP) is 3.03. The smallest absolute Gasteiger partial charge is 0.338 e. The van der Waals surface area contributed by atoms with E-state index in [2.05, 4.69) is 0 Å². The summed E-state index contributed by atoms with van der Waals surface area (Å²) in [6, 6.07) is 15.8. The molecule has 0 unspecified atom stereocenters. The van der Waals surface area contributed by atoms with Gasteiger partial charge < -0.3 is 4.74 Å². The van der Waals surface area contributed by atoms with E-state index >= 15 is 0 Å². The Morgan fingerprint density at radius 3 is 2.16 bits per heavy atom. The first kappa shape index (κ1) is 13.0. The lowest BCUT2D eigenvalue weighted by atomic mass is 10.1. The number of benzene rings is 2. The van der Waals surface area contributed by atoms with Crippen molar-refractivity contribution in [2.75, 3.05) is 6.61 Å². The van der Waals surface area contributed by atoms with Gasteiger partial charge in [0.05, 0.1) is 5.56 Å². The van der Waals surface area contributed by atoms with Gasteiger partial charge in [0.2, 0.25) is 0 Å². The minimum Gasteiger partial charge on any atom is -0.454 e.